The Morgan fingerprint density at radius 3 is 2.31 bits per heavy atom. The Bertz CT molecular complexity index is 816. The van der Waals surface area contributed by atoms with Crippen LogP contribution in [0.1, 0.15) is 43.9 Å². The first-order valence-electron chi connectivity index (χ1n) is 8.74. The van der Waals surface area contributed by atoms with Crippen molar-refractivity contribution in [3.05, 3.63) is 53.6 Å². The average Bonchev–Trinajstić information content (AvgIpc) is 2.65. The summed E-state index contributed by atoms with van der Waals surface area (Å²) in [5.74, 6) is 1.25. The van der Waals surface area contributed by atoms with Gasteiger partial charge in [0, 0.05) is 11.6 Å². The third kappa shape index (κ3) is 4.99. The maximum Gasteiger partial charge on any atom is 0.241 e. The first-order valence-corrected chi connectivity index (χ1v) is 10.2. The molecular weight excluding hydrogens is 350 g/mol. The van der Waals surface area contributed by atoms with Crippen LogP contribution in [0.4, 0.5) is 0 Å². The third-order valence-electron chi connectivity index (χ3n) is 4.29. The lowest BCUT2D eigenvalue weighted by Crippen LogP contribution is -2.27. The molecule has 0 amide bonds. The number of ether oxygens (including phenoxy) is 2. The molecule has 0 bridgehead atoms. The predicted octanol–water partition coefficient (Wildman–Crippen LogP) is 4.09. The van der Waals surface area contributed by atoms with E-state index in [-0.39, 0.29) is 4.90 Å². The lowest BCUT2D eigenvalue weighted by Gasteiger charge is -2.18. The second kappa shape index (κ2) is 9.05. The van der Waals surface area contributed by atoms with Gasteiger partial charge in [0.1, 0.15) is 11.5 Å². The molecule has 0 aliphatic carbocycles. The Balaban J connectivity index is 2.20. The molecule has 1 atom stereocenters. The number of hydrogen-bond acceptors (Lipinski definition) is 4. The molecule has 0 heterocycles. The lowest BCUT2D eigenvalue weighted by atomic mass is 10.1. The van der Waals surface area contributed by atoms with Gasteiger partial charge in [-0.1, -0.05) is 25.5 Å². The van der Waals surface area contributed by atoms with E-state index in [0.717, 1.165) is 30.4 Å². The molecule has 142 valence electrons. The van der Waals surface area contributed by atoms with E-state index in [1.165, 1.54) is 0 Å². The molecule has 0 radical (unpaired) electrons. The monoisotopic (exact) mass is 377 g/mol. The molecule has 5 nitrogen and oxygen atoms in total. The summed E-state index contributed by atoms with van der Waals surface area (Å²) in [4.78, 5) is 0.256. The summed E-state index contributed by atoms with van der Waals surface area (Å²) in [6.45, 7) is 3.92. The highest BCUT2D eigenvalue weighted by Crippen LogP contribution is 2.30. The van der Waals surface area contributed by atoms with E-state index in [9.17, 15) is 8.42 Å². The quantitative estimate of drug-likeness (QED) is 0.715. The molecular formula is C20H27NO4S. The van der Waals surface area contributed by atoms with Crippen LogP contribution in [0, 0.1) is 0 Å². The van der Waals surface area contributed by atoms with Gasteiger partial charge in [-0.15, -0.1) is 0 Å². The first-order chi connectivity index (χ1) is 12.4. The Morgan fingerprint density at radius 2 is 1.73 bits per heavy atom. The summed E-state index contributed by atoms with van der Waals surface area (Å²) in [7, 11) is -0.509. The molecule has 2 aromatic rings. The number of methoxy groups -OCH3 is 2. The van der Waals surface area contributed by atoms with Gasteiger partial charge >= 0.3 is 0 Å². The fourth-order valence-electron chi connectivity index (χ4n) is 2.76. The van der Waals surface area contributed by atoms with Crippen LogP contribution in [0.25, 0.3) is 0 Å². The number of aryl methyl sites for hydroxylation is 1. The van der Waals surface area contributed by atoms with Crippen LogP contribution in [0.2, 0.25) is 0 Å². The molecule has 0 saturated carbocycles. The van der Waals surface area contributed by atoms with Crippen molar-refractivity contribution in [2.45, 2.75) is 44.0 Å². The minimum atomic E-state index is -3.64. The molecule has 1 unspecified atom stereocenters. The van der Waals surface area contributed by atoms with E-state index >= 15 is 0 Å². The van der Waals surface area contributed by atoms with Crippen molar-refractivity contribution < 1.29 is 17.9 Å². The van der Waals surface area contributed by atoms with E-state index in [1.54, 1.807) is 51.5 Å². The normalized spacial score (nSPS) is 12.6. The standard InChI is InChI=1S/C20H27NO4S/c1-5-6-7-16-8-11-18(12-9-16)26(22,23)21-15(2)19-14-17(24-3)10-13-20(19)25-4/h8-15,21H,5-7H2,1-4H3. The molecule has 6 heteroatoms. The van der Waals surface area contributed by atoms with Crippen LogP contribution in [0.15, 0.2) is 47.4 Å². The number of rotatable bonds is 9. The number of benzene rings is 2. The molecule has 0 aliphatic heterocycles. The van der Waals surface area contributed by atoms with Crippen molar-refractivity contribution in [1.29, 1.82) is 0 Å². The van der Waals surface area contributed by atoms with Gasteiger partial charge < -0.3 is 9.47 Å². The SMILES string of the molecule is CCCCc1ccc(S(=O)(=O)NC(C)c2cc(OC)ccc2OC)cc1. The zero-order valence-corrected chi connectivity index (χ0v) is 16.6. The van der Waals surface area contributed by atoms with Gasteiger partial charge in [0.05, 0.1) is 19.1 Å². The van der Waals surface area contributed by atoms with Crippen LogP contribution >= 0.6 is 0 Å². The molecule has 0 aromatic heterocycles. The van der Waals surface area contributed by atoms with Gasteiger partial charge in [0.15, 0.2) is 0 Å². The van der Waals surface area contributed by atoms with Gasteiger partial charge in [0.25, 0.3) is 0 Å². The Morgan fingerprint density at radius 1 is 1.04 bits per heavy atom. The van der Waals surface area contributed by atoms with Crippen LogP contribution < -0.4 is 14.2 Å². The average molecular weight is 378 g/mol. The van der Waals surface area contributed by atoms with Gasteiger partial charge in [-0.2, -0.15) is 0 Å². The second-order valence-electron chi connectivity index (χ2n) is 6.20. The van der Waals surface area contributed by atoms with Crippen molar-refractivity contribution in [3.8, 4) is 11.5 Å². The number of unbranched alkanes of at least 4 members (excludes halogenated alkanes) is 1. The molecule has 2 rings (SSSR count). The Kier molecular flexibility index (Phi) is 7.06. The number of sulfonamides is 1. The van der Waals surface area contributed by atoms with E-state index in [0.29, 0.717) is 11.5 Å². The predicted molar refractivity (Wildman–Crippen MR) is 103 cm³/mol. The summed E-state index contributed by atoms with van der Waals surface area (Å²) in [5.41, 5.74) is 1.86. The minimum Gasteiger partial charge on any atom is -0.497 e. The zero-order chi connectivity index (χ0) is 19.2. The maximum atomic E-state index is 12.7. The highest BCUT2D eigenvalue weighted by molar-refractivity contribution is 7.89. The molecule has 0 aliphatic rings. The molecule has 2 aromatic carbocycles. The van der Waals surface area contributed by atoms with Gasteiger partial charge in [0.2, 0.25) is 10.0 Å². The fourth-order valence-corrected chi connectivity index (χ4v) is 3.98. The molecule has 0 fully saturated rings. The summed E-state index contributed by atoms with van der Waals surface area (Å²) in [6, 6.07) is 11.9. The largest absolute Gasteiger partial charge is 0.497 e. The van der Waals surface area contributed by atoms with Crippen molar-refractivity contribution in [2.24, 2.45) is 0 Å². The number of nitrogens with one attached hydrogen (secondary N) is 1. The molecule has 0 spiro atoms. The van der Waals surface area contributed by atoms with Crippen molar-refractivity contribution in [3.63, 3.8) is 0 Å². The van der Waals surface area contributed by atoms with Gasteiger partial charge in [-0.3, -0.25) is 0 Å². The fraction of sp³-hybridized carbons (Fsp3) is 0.400. The summed E-state index contributed by atoms with van der Waals surface area (Å²) < 4.78 is 38.7. The molecule has 1 N–H and O–H groups in total. The van der Waals surface area contributed by atoms with Crippen LogP contribution in [-0.4, -0.2) is 22.6 Å². The van der Waals surface area contributed by atoms with E-state index in [4.69, 9.17) is 9.47 Å². The third-order valence-corrected chi connectivity index (χ3v) is 5.84. The second-order valence-corrected chi connectivity index (χ2v) is 7.91. The molecule has 26 heavy (non-hydrogen) atoms. The van der Waals surface area contributed by atoms with Crippen LogP contribution in [-0.2, 0) is 16.4 Å². The van der Waals surface area contributed by atoms with Gasteiger partial charge in [-0.05, 0) is 55.7 Å². The van der Waals surface area contributed by atoms with Crippen LogP contribution in [0.3, 0.4) is 0 Å². The van der Waals surface area contributed by atoms with Crippen LogP contribution in [0.5, 0.6) is 11.5 Å². The highest BCUT2D eigenvalue weighted by Gasteiger charge is 2.21. The molecule has 0 saturated heterocycles. The summed E-state index contributed by atoms with van der Waals surface area (Å²) in [5, 5.41) is 0. The Labute approximate surface area is 156 Å². The van der Waals surface area contributed by atoms with Crippen molar-refractivity contribution in [1.82, 2.24) is 4.72 Å². The summed E-state index contributed by atoms with van der Waals surface area (Å²) >= 11 is 0. The maximum absolute atomic E-state index is 12.7. The van der Waals surface area contributed by atoms with E-state index < -0.39 is 16.1 Å². The highest BCUT2D eigenvalue weighted by atomic mass is 32.2. The van der Waals surface area contributed by atoms with Crippen molar-refractivity contribution in [2.75, 3.05) is 14.2 Å². The van der Waals surface area contributed by atoms with E-state index in [1.807, 2.05) is 12.1 Å². The minimum absolute atomic E-state index is 0.256. The number of hydrogen-bond donors (Lipinski definition) is 1. The zero-order valence-electron chi connectivity index (χ0n) is 15.8. The summed E-state index contributed by atoms with van der Waals surface area (Å²) in [6.07, 6.45) is 3.17. The Hall–Kier alpha value is -2.05. The lowest BCUT2D eigenvalue weighted by molar-refractivity contribution is 0.395. The van der Waals surface area contributed by atoms with E-state index in [2.05, 4.69) is 11.6 Å². The van der Waals surface area contributed by atoms with Gasteiger partial charge in [-0.25, -0.2) is 13.1 Å². The van der Waals surface area contributed by atoms with Crippen molar-refractivity contribution >= 4 is 10.0 Å². The first kappa shape index (κ1) is 20.3. The topological polar surface area (TPSA) is 64.6 Å². The smallest absolute Gasteiger partial charge is 0.241 e.